The van der Waals surface area contributed by atoms with E-state index in [0.29, 0.717) is 18.6 Å². The van der Waals surface area contributed by atoms with Crippen molar-refractivity contribution < 1.29 is 15.0 Å². The highest BCUT2D eigenvalue weighted by Gasteiger charge is 2.35. The summed E-state index contributed by atoms with van der Waals surface area (Å²) >= 11 is 0. The van der Waals surface area contributed by atoms with E-state index in [4.69, 9.17) is 4.74 Å². The molecule has 4 rings (SSSR count). The molecule has 1 aliphatic rings. The van der Waals surface area contributed by atoms with Crippen molar-refractivity contribution in [3.8, 4) is 5.75 Å². The molecule has 1 saturated heterocycles. The molecule has 0 saturated carbocycles. The fraction of sp³-hybridized carbons (Fsp3) is 0.333. The van der Waals surface area contributed by atoms with Crippen LogP contribution in [0.3, 0.4) is 0 Å². The van der Waals surface area contributed by atoms with Gasteiger partial charge < -0.3 is 15.0 Å². The predicted octanol–water partition coefficient (Wildman–Crippen LogP) is 2.79. The molecule has 1 heterocycles. The third kappa shape index (κ3) is 5.50. The predicted molar refractivity (Wildman–Crippen MR) is 122 cm³/mol. The second-order valence-electron chi connectivity index (χ2n) is 8.35. The van der Waals surface area contributed by atoms with Gasteiger partial charge in [-0.25, -0.2) is 0 Å². The average Bonchev–Trinajstić information content (AvgIpc) is 2.80. The van der Waals surface area contributed by atoms with Crippen LogP contribution in [0, 0.1) is 0 Å². The lowest BCUT2D eigenvalue weighted by atomic mass is 9.85. The molecule has 1 fully saturated rings. The molecule has 0 amide bonds. The molecule has 3 N–H and O–H groups in total. The lowest BCUT2D eigenvalue weighted by molar-refractivity contribution is -0.928. The highest BCUT2D eigenvalue weighted by Crippen LogP contribution is 2.23. The first kappa shape index (κ1) is 20.6. The summed E-state index contributed by atoms with van der Waals surface area (Å²) in [6, 6.07) is 31.2. The molecule has 0 radical (unpaired) electrons. The Labute approximate surface area is 180 Å². The van der Waals surface area contributed by atoms with Crippen molar-refractivity contribution in [2.45, 2.75) is 38.4 Å². The van der Waals surface area contributed by atoms with Crippen LogP contribution in [0.2, 0.25) is 0 Å². The van der Waals surface area contributed by atoms with Crippen molar-refractivity contribution in [1.29, 1.82) is 0 Å². The van der Waals surface area contributed by atoms with Crippen LogP contribution in [0.1, 0.15) is 36.0 Å². The van der Waals surface area contributed by atoms with Crippen LogP contribution in [-0.2, 0) is 13.1 Å². The summed E-state index contributed by atoms with van der Waals surface area (Å²) in [6.07, 6.45) is 1.24. The van der Waals surface area contributed by atoms with Crippen LogP contribution in [0.5, 0.6) is 5.75 Å². The fourth-order valence-electron chi connectivity index (χ4n) is 4.71. The van der Waals surface area contributed by atoms with Gasteiger partial charge in [-0.1, -0.05) is 72.8 Å². The van der Waals surface area contributed by atoms with E-state index in [9.17, 15) is 0 Å². The molecule has 3 heteroatoms. The van der Waals surface area contributed by atoms with Gasteiger partial charge in [0.05, 0.1) is 25.6 Å². The molecule has 0 bridgehead atoms. The summed E-state index contributed by atoms with van der Waals surface area (Å²) in [6.45, 7) is 7.32. The topological polar surface area (TPSA) is 30.3 Å². The summed E-state index contributed by atoms with van der Waals surface area (Å²) in [5.41, 5.74) is 4.28. The molecule has 3 aromatic carbocycles. The zero-order chi connectivity index (χ0) is 20.6. The maximum absolute atomic E-state index is 5.67. The van der Waals surface area contributed by atoms with E-state index in [-0.39, 0.29) is 0 Å². The largest absolute Gasteiger partial charge is 0.494 e. The molecule has 0 aromatic heterocycles. The molecule has 1 aliphatic heterocycles. The first-order chi connectivity index (χ1) is 14.8. The summed E-state index contributed by atoms with van der Waals surface area (Å²) in [4.78, 5) is 1.68. The number of nitrogens with two attached hydrogens (primary N) is 1. The minimum absolute atomic E-state index is 0.553. The van der Waals surface area contributed by atoms with Gasteiger partial charge in [0.25, 0.3) is 0 Å². The molecule has 1 unspecified atom stereocenters. The van der Waals surface area contributed by atoms with E-state index in [1.165, 1.54) is 36.2 Å². The monoisotopic (exact) mass is 402 g/mol. The number of likely N-dealkylation sites (tertiary alicyclic amines) is 1. The lowest BCUT2D eigenvalue weighted by Crippen LogP contribution is -3.14. The van der Waals surface area contributed by atoms with Gasteiger partial charge in [-0.05, 0) is 24.6 Å². The molecule has 0 spiro atoms. The Morgan fingerprint density at radius 3 is 2.20 bits per heavy atom. The van der Waals surface area contributed by atoms with Crippen molar-refractivity contribution >= 4 is 0 Å². The number of hydrogen-bond donors (Lipinski definition) is 2. The second-order valence-corrected chi connectivity index (χ2v) is 8.35. The Hall–Kier alpha value is -2.62. The van der Waals surface area contributed by atoms with E-state index in [1.807, 2.05) is 6.92 Å². The minimum atomic E-state index is 0.553. The van der Waals surface area contributed by atoms with Gasteiger partial charge in [0.2, 0.25) is 0 Å². The molecule has 156 valence electrons. The van der Waals surface area contributed by atoms with Crippen LogP contribution in [0.4, 0.5) is 0 Å². The Morgan fingerprint density at radius 2 is 1.53 bits per heavy atom. The molecular formula is C27H34N2O+2. The van der Waals surface area contributed by atoms with Crippen LogP contribution >= 0.6 is 0 Å². The fourth-order valence-corrected chi connectivity index (χ4v) is 4.71. The van der Waals surface area contributed by atoms with E-state index >= 15 is 0 Å². The Morgan fingerprint density at radius 1 is 0.867 bits per heavy atom. The maximum atomic E-state index is 5.67. The van der Waals surface area contributed by atoms with Gasteiger partial charge >= 0.3 is 0 Å². The van der Waals surface area contributed by atoms with Gasteiger partial charge in [-0.15, -0.1) is 0 Å². The highest BCUT2D eigenvalue weighted by atomic mass is 16.5. The van der Waals surface area contributed by atoms with E-state index < -0.39 is 0 Å². The molecule has 3 atom stereocenters. The normalized spacial score (nSPS) is 21.3. The summed E-state index contributed by atoms with van der Waals surface area (Å²) < 4.78 is 5.67. The first-order valence-electron chi connectivity index (χ1n) is 11.3. The Kier molecular flexibility index (Phi) is 7.17. The number of piperidine rings is 1. The van der Waals surface area contributed by atoms with Gasteiger partial charge in [-0.2, -0.15) is 0 Å². The lowest BCUT2D eigenvalue weighted by Gasteiger charge is -2.35. The quantitative estimate of drug-likeness (QED) is 0.596. The van der Waals surface area contributed by atoms with E-state index in [1.54, 1.807) is 4.90 Å². The van der Waals surface area contributed by atoms with Crippen LogP contribution in [0.25, 0.3) is 0 Å². The second kappa shape index (κ2) is 10.4. The SMILES string of the molecule is CCOc1ccc([C@@H]2C[NH+](Cc3ccccc3)CC[C@@H]2[NH2+]Cc2ccccc2)cc1. The van der Waals surface area contributed by atoms with Crippen molar-refractivity contribution in [2.75, 3.05) is 19.7 Å². The number of rotatable bonds is 8. The van der Waals surface area contributed by atoms with Crippen molar-refractivity contribution in [2.24, 2.45) is 0 Å². The zero-order valence-corrected chi connectivity index (χ0v) is 18.0. The number of ether oxygens (including phenoxy) is 1. The summed E-state index contributed by atoms with van der Waals surface area (Å²) in [5, 5.41) is 2.57. The van der Waals surface area contributed by atoms with Crippen LogP contribution in [-0.4, -0.2) is 25.7 Å². The standard InChI is InChI=1S/C27H32N2O/c1-2-30-25-15-13-24(14-16-25)26-21-29(20-23-11-7-4-8-12-23)18-17-27(26)28-19-22-9-5-3-6-10-22/h3-16,26-28H,2,17-21H2,1H3/p+2/t26-,27-/m0/s1. The minimum Gasteiger partial charge on any atom is -0.494 e. The van der Waals surface area contributed by atoms with Gasteiger partial charge in [-0.3, -0.25) is 0 Å². The van der Waals surface area contributed by atoms with E-state index in [2.05, 4.69) is 90.2 Å². The summed E-state index contributed by atoms with van der Waals surface area (Å²) in [5.74, 6) is 1.52. The number of hydrogen-bond acceptors (Lipinski definition) is 1. The molecular weight excluding hydrogens is 368 g/mol. The van der Waals surface area contributed by atoms with Crippen LogP contribution < -0.4 is 15.0 Å². The third-order valence-electron chi connectivity index (χ3n) is 6.27. The maximum Gasteiger partial charge on any atom is 0.119 e. The number of benzene rings is 3. The average molecular weight is 403 g/mol. The molecule has 3 aromatic rings. The van der Waals surface area contributed by atoms with Gasteiger partial charge in [0.1, 0.15) is 24.9 Å². The smallest absolute Gasteiger partial charge is 0.119 e. The van der Waals surface area contributed by atoms with Crippen LogP contribution in [0.15, 0.2) is 84.9 Å². The zero-order valence-electron chi connectivity index (χ0n) is 18.0. The Balaban J connectivity index is 1.48. The summed E-state index contributed by atoms with van der Waals surface area (Å²) in [7, 11) is 0. The Bertz CT molecular complexity index is 880. The van der Waals surface area contributed by atoms with Gasteiger partial charge in [0, 0.05) is 17.5 Å². The van der Waals surface area contributed by atoms with Crippen molar-refractivity contribution in [1.82, 2.24) is 0 Å². The van der Waals surface area contributed by atoms with E-state index in [0.717, 1.165) is 18.8 Å². The highest BCUT2D eigenvalue weighted by molar-refractivity contribution is 5.30. The van der Waals surface area contributed by atoms with Crippen molar-refractivity contribution in [3.05, 3.63) is 102 Å². The molecule has 3 nitrogen and oxygen atoms in total. The third-order valence-corrected chi connectivity index (χ3v) is 6.27. The first-order valence-corrected chi connectivity index (χ1v) is 11.3. The number of quaternary nitrogens is 2. The molecule has 30 heavy (non-hydrogen) atoms. The van der Waals surface area contributed by atoms with Crippen molar-refractivity contribution in [3.63, 3.8) is 0 Å². The van der Waals surface area contributed by atoms with Gasteiger partial charge in [0.15, 0.2) is 0 Å². The molecule has 0 aliphatic carbocycles. The number of nitrogens with one attached hydrogen (secondary N) is 1.